The van der Waals surface area contributed by atoms with Crippen LogP contribution < -0.4 is 20.7 Å². The van der Waals surface area contributed by atoms with Crippen molar-refractivity contribution in [1.29, 1.82) is 0 Å². The van der Waals surface area contributed by atoms with Crippen LogP contribution in [-0.2, 0) is 14.8 Å². The number of nitrogens with zero attached hydrogens (tertiary/aromatic N) is 1. The largest absolute Gasteiger partial charge is 0.333 e. The van der Waals surface area contributed by atoms with Gasteiger partial charge >= 0.3 is 6.03 Å². The van der Waals surface area contributed by atoms with Gasteiger partial charge in [0.05, 0.1) is 10.9 Å². The van der Waals surface area contributed by atoms with Crippen molar-refractivity contribution in [2.75, 3.05) is 16.8 Å². The third-order valence-electron chi connectivity index (χ3n) is 4.02. The maximum atomic E-state index is 13.3. The van der Waals surface area contributed by atoms with E-state index in [9.17, 15) is 22.4 Å². The van der Waals surface area contributed by atoms with Crippen LogP contribution >= 0.6 is 0 Å². The third kappa shape index (κ3) is 4.60. The summed E-state index contributed by atoms with van der Waals surface area (Å²) in [6, 6.07) is 10.0. The molecule has 0 radical (unpaired) electrons. The number of sulfonamides is 1. The number of primary sulfonamides is 1. The van der Waals surface area contributed by atoms with Crippen LogP contribution in [0.1, 0.15) is 6.42 Å². The number of halogens is 1. The molecule has 0 aromatic heterocycles. The standard InChI is InChI=1S/C17H17FN4O4S/c18-11-2-1-3-14(8-11)22-10-13(9-16(22)23)21-17(24)20-12-4-6-15(7-5-12)27(19,25)26/h1-8,13H,9-10H2,(H2,19,25,26)(H2,20,21,24)/t13-/m0/s1. The average Bonchev–Trinajstić information content (AvgIpc) is 2.94. The topological polar surface area (TPSA) is 122 Å². The molecule has 27 heavy (non-hydrogen) atoms. The quantitative estimate of drug-likeness (QED) is 0.728. The Bertz CT molecular complexity index is 979. The minimum Gasteiger partial charge on any atom is -0.333 e. The predicted molar refractivity (Wildman–Crippen MR) is 97.1 cm³/mol. The van der Waals surface area contributed by atoms with Crippen molar-refractivity contribution in [2.24, 2.45) is 5.14 Å². The van der Waals surface area contributed by atoms with E-state index in [4.69, 9.17) is 5.14 Å². The van der Waals surface area contributed by atoms with E-state index < -0.39 is 27.9 Å². The van der Waals surface area contributed by atoms with Crippen molar-refractivity contribution in [2.45, 2.75) is 17.4 Å². The van der Waals surface area contributed by atoms with Crippen LogP contribution in [0.25, 0.3) is 0 Å². The number of hydrogen-bond donors (Lipinski definition) is 3. The zero-order valence-corrected chi connectivity index (χ0v) is 14.9. The number of carbonyl (C=O) groups excluding carboxylic acids is 2. The van der Waals surface area contributed by atoms with Gasteiger partial charge < -0.3 is 15.5 Å². The van der Waals surface area contributed by atoms with Gasteiger partial charge in [-0.05, 0) is 42.5 Å². The second-order valence-corrected chi connectivity index (χ2v) is 7.61. The van der Waals surface area contributed by atoms with Crippen LogP contribution in [0.15, 0.2) is 53.4 Å². The first-order valence-electron chi connectivity index (χ1n) is 7.99. The number of hydrogen-bond acceptors (Lipinski definition) is 4. The highest BCUT2D eigenvalue weighted by Crippen LogP contribution is 2.22. The molecule has 1 saturated heterocycles. The molecule has 3 amide bonds. The molecule has 1 aliphatic rings. The highest BCUT2D eigenvalue weighted by molar-refractivity contribution is 7.89. The fourth-order valence-electron chi connectivity index (χ4n) is 2.78. The lowest BCUT2D eigenvalue weighted by Crippen LogP contribution is -2.39. The summed E-state index contributed by atoms with van der Waals surface area (Å²) in [6.07, 6.45) is 0.0916. The summed E-state index contributed by atoms with van der Waals surface area (Å²) in [5, 5.41) is 10.2. The minimum absolute atomic E-state index is 0.0689. The van der Waals surface area contributed by atoms with Crippen LogP contribution in [0.4, 0.5) is 20.6 Å². The lowest BCUT2D eigenvalue weighted by atomic mass is 10.2. The lowest BCUT2D eigenvalue weighted by Gasteiger charge is -2.17. The molecule has 0 unspecified atom stereocenters. The van der Waals surface area contributed by atoms with Crippen molar-refractivity contribution in [3.8, 4) is 0 Å². The first-order valence-corrected chi connectivity index (χ1v) is 9.53. The van der Waals surface area contributed by atoms with E-state index in [-0.39, 0.29) is 23.8 Å². The van der Waals surface area contributed by atoms with Crippen molar-refractivity contribution < 1.29 is 22.4 Å². The van der Waals surface area contributed by atoms with Crippen LogP contribution in [-0.4, -0.2) is 32.9 Å². The Morgan fingerprint density at radius 3 is 2.52 bits per heavy atom. The summed E-state index contributed by atoms with van der Waals surface area (Å²) in [5.74, 6) is -0.666. The molecule has 4 N–H and O–H groups in total. The van der Waals surface area contributed by atoms with Gasteiger partial charge in [-0.25, -0.2) is 22.7 Å². The normalized spacial score (nSPS) is 17.0. The average molecular weight is 392 g/mol. The van der Waals surface area contributed by atoms with E-state index in [1.165, 1.54) is 47.4 Å². The van der Waals surface area contributed by atoms with Gasteiger partial charge in [0.25, 0.3) is 0 Å². The van der Waals surface area contributed by atoms with Crippen LogP contribution in [0.3, 0.4) is 0 Å². The molecule has 1 atom stereocenters. The van der Waals surface area contributed by atoms with Gasteiger partial charge in [-0.15, -0.1) is 0 Å². The Kier molecular flexibility index (Phi) is 5.10. The lowest BCUT2D eigenvalue weighted by molar-refractivity contribution is -0.117. The molecule has 1 aliphatic heterocycles. The minimum atomic E-state index is -3.81. The van der Waals surface area contributed by atoms with E-state index >= 15 is 0 Å². The number of nitrogens with one attached hydrogen (secondary N) is 2. The fourth-order valence-corrected chi connectivity index (χ4v) is 3.29. The van der Waals surface area contributed by atoms with Crippen molar-refractivity contribution in [3.05, 3.63) is 54.3 Å². The van der Waals surface area contributed by atoms with Crippen molar-refractivity contribution >= 4 is 33.3 Å². The first-order chi connectivity index (χ1) is 12.7. The molecule has 10 heteroatoms. The van der Waals surface area contributed by atoms with Crippen molar-refractivity contribution in [3.63, 3.8) is 0 Å². The van der Waals surface area contributed by atoms with Crippen LogP contribution in [0.2, 0.25) is 0 Å². The second kappa shape index (κ2) is 7.33. The molecule has 0 aliphatic carbocycles. The summed E-state index contributed by atoms with van der Waals surface area (Å²) in [7, 11) is -3.81. The summed E-state index contributed by atoms with van der Waals surface area (Å²) >= 11 is 0. The predicted octanol–water partition coefficient (Wildman–Crippen LogP) is 1.40. The highest BCUT2D eigenvalue weighted by atomic mass is 32.2. The molecule has 1 heterocycles. The van der Waals surface area contributed by atoms with Gasteiger partial charge in [-0.3, -0.25) is 4.79 Å². The van der Waals surface area contributed by atoms with Gasteiger partial charge in [0.1, 0.15) is 5.82 Å². The molecule has 0 spiro atoms. The van der Waals surface area contributed by atoms with Crippen molar-refractivity contribution in [1.82, 2.24) is 5.32 Å². The van der Waals surface area contributed by atoms with E-state index in [1.54, 1.807) is 6.07 Å². The summed E-state index contributed by atoms with van der Waals surface area (Å²) in [5.41, 5.74) is 0.800. The highest BCUT2D eigenvalue weighted by Gasteiger charge is 2.31. The molecule has 0 saturated carbocycles. The van der Waals surface area contributed by atoms with Gasteiger partial charge in [0.2, 0.25) is 15.9 Å². The number of benzene rings is 2. The third-order valence-corrected chi connectivity index (χ3v) is 4.95. The number of nitrogens with two attached hydrogens (primary N) is 1. The molecule has 3 rings (SSSR count). The van der Waals surface area contributed by atoms with E-state index in [2.05, 4.69) is 10.6 Å². The zero-order valence-electron chi connectivity index (χ0n) is 14.1. The molecule has 2 aromatic rings. The van der Waals surface area contributed by atoms with E-state index in [0.29, 0.717) is 11.4 Å². The Labute approximate surface area is 155 Å². The maximum Gasteiger partial charge on any atom is 0.319 e. The van der Waals surface area contributed by atoms with Gasteiger partial charge in [0, 0.05) is 24.3 Å². The molecule has 2 aromatic carbocycles. The summed E-state index contributed by atoms with van der Waals surface area (Å²) < 4.78 is 35.8. The fraction of sp³-hybridized carbons (Fsp3) is 0.176. The number of carbonyl (C=O) groups is 2. The monoisotopic (exact) mass is 392 g/mol. The van der Waals surface area contributed by atoms with Crippen LogP contribution in [0.5, 0.6) is 0 Å². The van der Waals surface area contributed by atoms with E-state index in [1.807, 2.05) is 0 Å². The number of rotatable bonds is 4. The molecule has 1 fully saturated rings. The smallest absolute Gasteiger partial charge is 0.319 e. The van der Waals surface area contributed by atoms with E-state index in [0.717, 1.165) is 0 Å². The Morgan fingerprint density at radius 2 is 1.89 bits per heavy atom. The first kappa shape index (κ1) is 18.8. The Morgan fingerprint density at radius 1 is 1.19 bits per heavy atom. The van der Waals surface area contributed by atoms with Gasteiger partial charge in [-0.1, -0.05) is 6.07 Å². The zero-order chi connectivity index (χ0) is 19.6. The molecule has 142 valence electrons. The molecule has 0 bridgehead atoms. The van der Waals surface area contributed by atoms with Crippen LogP contribution in [0, 0.1) is 5.82 Å². The summed E-state index contributed by atoms with van der Waals surface area (Å²) in [6.45, 7) is 0.222. The number of urea groups is 1. The number of anilines is 2. The SMILES string of the molecule is NS(=O)(=O)c1ccc(NC(=O)N[C@H]2CC(=O)N(c3cccc(F)c3)C2)cc1. The molecule has 8 nitrogen and oxygen atoms in total. The maximum absolute atomic E-state index is 13.3. The summed E-state index contributed by atoms with van der Waals surface area (Å²) in [4.78, 5) is 25.6. The second-order valence-electron chi connectivity index (χ2n) is 6.05. The van der Waals surface area contributed by atoms with Gasteiger partial charge in [0.15, 0.2) is 0 Å². The molecular formula is C17H17FN4O4S. The molecular weight excluding hydrogens is 375 g/mol. The Hall–Kier alpha value is -2.98. The van der Waals surface area contributed by atoms with Gasteiger partial charge in [-0.2, -0.15) is 0 Å². The Balaban J connectivity index is 1.59. The number of amides is 3.